The van der Waals surface area contributed by atoms with E-state index in [2.05, 4.69) is 21.2 Å². The third kappa shape index (κ3) is 5.76. The van der Waals surface area contributed by atoms with Crippen molar-refractivity contribution in [2.45, 2.75) is 25.2 Å². The molecule has 3 N–H and O–H groups in total. The molecule has 2 rings (SSSR count). The molecule has 0 heterocycles. The van der Waals surface area contributed by atoms with Crippen LogP contribution in [0, 0.1) is 11.6 Å². The molecule has 0 fully saturated rings. The van der Waals surface area contributed by atoms with Crippen molar-refractivity contribution in [3.8, 4) is 0 Å². The number of alkyl carbamates (subject to hydrolysis) is 1. The number of hydrogen-bond acceptors (Lipinski definition) is 4. The molecule has 0 saturated heterocycles. The van der Waals surface area contributed by atoms with Crippen LogP contribution in [0.3, 0.4) is 0 Å². The number of hydrogen-bond donors (Lipinski definition) is 3. The van der Waals surface area contributed by atoms with Crippen molar-refractivity contribution in [2.75, 3.05) is 6.54 Å². The predicted octanol–water partition coefficient (Wildman–Crippen LogP) is 3.44. The van der Waals surface area contributed by atoms with Gasteiger partial charge < -0.3 is 20.3 Å². The van der Waals surface area contributed by atoms with E-state index in [1.165, 1.54) is 0 Å². The SMILES string of the molecule is O=C(NCCC(O)C(O)c1c(F)cc(Br)cc1F)OCc1ccccc1. The van der Waals surface area contributed by atoms with Crippen LogP contribution in [0.4, 0.5) is 13.6 Å². The molecular weight excluding hydrogens is 412 g/mol. The maximum absolute atomic E-state index is 13.8. The minimum atomic E-state index is -1.76. The lowest BCUT2D eigenvalue weighted by atomic mass is 10.0. The molecule has 0 bridgehead atoms. The Morgan fingerprint density at radius 1 is 1.15 bits per heavy atom. The van der Waals surface area contributed by atoms with Crippen LogP contribution in [0.15, 0.2) is 46.9 Å². The fourth-order valence-corrected chi connectivity index (χ4v) is 2.68. The van der Waals surface area contributed by atoms with E-state index in [-0.39, 0.29) is 24.0 Å². The summed E-state index contributed by atoms with van der Waals surface area (Å²) in [4.78, 5) is 11.6. The third-order valence-corrected chi connectivity index (χ3v) is 4.08. The van der Waals surface area contributed by atoms with E-state index >= 15 is 0 Å². The molecular formula is C18H18BrF2NO4. The first-order valence-electron chi connectivity index (χ1n) is 7.83. The van der Waals surface area contributed by atoms with Crippen molar-refractivity contribution in [3.63, 3.8) is 0 Å². The lowest BCUT2D eigenvalue weighted by Gasteiger charge is -2.19. The average molecular weight is 430 g/mol. The number of aliphatic hydroxyl groups is 2. The van der Waals surface area contributed by atoms with Gasteiger partial charge in [0.15, 0.2) is 0 Å². The Morgan fingerprint density at radius 2 is 1.77 bits per heavy atom. The van der Waals surface area contributed by atoms with Gasteiger partial charge in [0.05, 0.1) is 11.7 Å². The zero-order valence-corrected chi connectivity index (χ0v) is 15.2. The van der Waals surface area contributed by atoms with Crippen LogP contribution >= 0.6 is 15.9 Å². The summed E-state index contributed by atoms with van der Waals surface area (Å²) in [6, 6.07) is 11.1. The number of rotatable bonds is 7. The standard InChI is InChI=1S/C18H18BrF2NO4/c19-12-8-13(20)16(14(21)9-12)17(24)15(23)6-7-22-18(25)26-10-11-4-2-1-3-5-11/h1-5,8-9,15,17,23-24H,6-7,10H2,(H,22,25). The molecule has 2 aromatic rings. The third-order valence-electron chi connectivity index (χ3n) is 3.63. The van der Waals surface area contributed by atoms with E-state index in [9.17, 15) is 23.8 Å². The van der Waals surface area contributed by atoms with Crippen LogP contribution in [-0.2, 0) is 11.3 Å². The first-order chi connectivity index (χ1) is 12.4. The minimum Gasteiger partial charge on any atom is -0.445 e. The number of aliphatic hydroxyl groups excluding tert-OH is 2. The Morgan fingerprint density at radius 3 is 2.38 bits per heavy atom. The highest BCUT2D eigenvalue weighted by atomic mass is 79.9. The molecule has 0 saturated carbocycles. The molecule has 2 atom stereocenters. The highest BCUT2D eigenvalue weighted by molar-refractivity contribution is 9.10. The Balaban J connectivity index is 1.79. The van der Waals surface area contributed by atoms with Crippen molar-refractivity contribution < 1.29 is 28.5 Å². The highest BCUT2D eigenvalue weighted by Crippen LogP contribution is 2.27. The van der Waals surface area contributed by atoms with Crippen LogP contribution < -0.4 is 5.32 Å². The summed E-state index contributed by atoms with van der Waals surface area (Å²) in [5.41, 5.74) is 0.201. The number of halogens is 3. The van der Waals surface area contributed by atoms with Crippen molar-refractivity contribution in [2.24, 2.45) is 0 Å². The van der Waals surface area contributed by atoms with Gasteiger partial charge in [0.2, 0.25) is 0 Å². The summed E-state index contributed by atoms with van der Waals surface area (Å²) in [5, 5.41) is 22.3. The van der Waals surface area contributed by atoms with E-state index in [1.807, 2.05) is 18.2 Å². The van der Waals surface area contributed by atoms with Crippen molar-refractivity contribution in [1.29, 1.82) is 0 Å². The Labute approximate surface area is 157 Å². The van der Waals surface area contributed by atoms with Crippen LogP contribution in [0.1, 0.15) is 23.7 Å². The Bertz CT molecular complexity index is 722. The molecule has 0 aliphatic carbocycles. The van der Waals surface area contributed by atoms with Crippen LogP contribution in [-0.4, -0.2) is 29.0 Å². The number of nitrogens with one attached hydrogen (secondary N) is 1. The van der Waals surface area contributed by atoms with Gasteiger partial charge in [-0.25, -0.2) is 13.6 Å². The van der Waals surface area contributed by atoms with E-state index in [4.69, 9.17) is 4.74 Å². The molecule has 0 aliphatic heterocycles. The minimum absolute atomic E-state index is 0.0361. The average Bonchev–Trinajstić information content (AvgIpc) is 2.59. The first-order valence-corrected chi connectivity index (χ1v) is 8.63. The zero-order valence-electron chi connectivity index (χ0n) is 13.7. The van der Waals surface area contributed by atoms with Gasteiger partial charge in [-0.05, 0) is 24.1 Å². The highest BCUT2D eigenvalue weighted by Gasteiger charge is 2.25. The van der Waals surface area contributed by atoms with Gasteiger partial charge in [0, 0.05) is 11.0 Å². The van der Waals surface area contributed by atoms with E-state index in [1.54, 1.807) is 12.1 Å². The van der Waals surface area contributed by atoms with Gasteiger partial charge in [-0.15, -0.1) is 0 Å². The quantitative estimate of drug-likeness (QED) is 0.629. The summed E-state index contributed by atoms with van der Waals surface area (Å²) < 4.78 is 32.8. The molecule has 8 heteroatoms. The van der Waals surface area contributed by atoms with Crippen LogP contribution in [0.2, 0.25) is 0 Å². The van der Waals surface area contributed by atoms with Gasteiger partial charge in [0.1, 0.15) is 24.3 Å². The second-order valence-corrected chi connectivity index (χ2v) is 6.49. The summed E-state index contributed by atoms with van der Waals surface area (Å²) in [6.07, 6.45) is -4.03. The monoisotopic (exact) mass is 429 g/mol. The predicted molar refractivity (Wildman–Crippen MR) is 94.3 cm³/mol. The Kier molecular flexibility index (Phi) is 7.50. The molecule has 2 aromatic carbocycles. The molecule has 1 amide bonds. The fraction of sp³-hybridized carbons (Fsp3) is 0.278. The lowest BCUT2D eigenvalue weighted by molar-refractivity contribution is 0.00942. The summed E-state index contributed by atoms with van der Waals surface area (Å²) in [5.74, 6) is -1.95. The molecule has 2 unspecified atom stereocenters. The molecule has 0 aromatic heterocycles. The lowest BCUT2D eigenvalue weighted by Crippen LogP contribution is -2.30. The second kappa shape index (κ2) is 9.61. The number of carbonyl (C=O) groups is 1. The van der Waals surface area contributed by atoms with Gasteiger partial charge in [-0.2, -0.15) is 0 Å². The zero-order chi connectivity index (χ0) is 19.1. The molecule has 140 valence electrons. The maximum atomic E-state index is 13.8. The van der Waals surface area contributed by atoms with Crippen molar-refractivity contribution >= 4 is 22.0 Å². The fourth-order valence-electron chi connectivity index (χ4n) is 2.28. The maximum Gasteiger partial charge on any atom is 0.407 e. The van der Waals surface area contributed by atoms with E-state index < -0.39 is 35.5 Å². The van der Waals surface area contributed by atoms with E-state index in [0.29, 0.717) is 0 Å². The first kappa shape index (κ1) is 20.3. The summed E-state index contributed by atoms with van der Waals surface area (Å²) in [6.45, 7) is 0.0543. The molecule has 0 spiro atoms. The topological polar surface area (TPSA) is 78.8 Å². The number of ether oxygens (including phenoxy) is 1. The van der Waals surface area contributed by atoms with Crippen molar-refractivity contribution in [3.05, 3.63) is 69.7 Å². The molecule has 0 aliphatic rings. The second-order valence-electron chi connectivity index (χ2n) is 5.57. The van der Waals surface area contributed by atoms with Crippen molar-refractivity contribution in [1.82, 2.24) is 5.32 Å². The smallest absolute Gasteiger partial charge is 0.407 e. The van der Waals surface area contributed by atoms with E-state index in [0.717, 1.165) is 17.7 Å². The van der Waals surface area contributed by atoms with Crippen LogP contribution in [0.25, 0.3) is 0 Å². The van der Waals surface area contributed by atoms with Gasteiger partial charge in [0.25, 0.3) is 0 Å². The van der Waals surface area contributed by atoms with Crippen LogP contribution in [0.5, 0.6) is 0 Å². The number of carbonyl (C=O) groups excluding carboxylic acids is 1. The van der Waals surface area contributed by atoms with Gasteiger partial charge in [-0.3, -0.25) is 0 Å². The molecule has 26 heavy (non-hydrogen) atoms. The summed E-state index contributed by atoms with van der Waals surface area (Å²) in [7, 11) is 0. The van der Waals surface area contributed by atoms with Gasteiger partial charge >= 0.3 is 6.09 Å². The number of amides is 1. The normalized spacial score (nSPS) is 13.1. The molecule has 0 radical (unpaired) electrons. The molecule has 5 nitrogen and oxygen atoms in total. The Hall–Kier alpha value is -2.03. The number of benzene rings is 2. The van der Waals surface area contributed by atoms with Gasteiger partial charge in [-0.1, -0.05) is 46.3 Å². The largest absolute Gasteiger partial charge is 0.445 e. The summed E-state index contributed by atoms with van der Waals surface area (Å²) >= 11 is 2.94.